The molecule has 0 atom stereocenters. The van der Waals surface area contributed by atoms with Crippen molar-refractivity contribution < 1.29 is 41.4 Å². The van der Waals surface area contributed by atoms with Crippen molar-refractivity contribution in [3.05, 3.63) is 54.0 Å². The first kappa shape index (κ1) is 19.8. The number of nitrogens with one attached hydrogen (secondary N) is 2. The van der Waals surface area contributed by atoms with E-state index < -0.39 is 36.6 Å². The highest BCUT2D eigenvalue weighted by Crippen LogP contribution is 2.22. The number of hydrogen-bond acceptors (Lipinski definition) is 6. The Morgan fingerprint density at radius 1 is 1.07 bits per heavy atom. The van der Waals surface area contributed by atoms with E-state index in [1.165, 1.54) is 6.26 Å². The maximum Gasteiger partial charge on any atom is 0.573 e. The minimum absolute atomic E-state index is 0.0538. The summed E-state index contributed by atoms with van der Waals surface area (Å²) < 4.78 is 49.5. The summed E-state index contributed by atoms with van der Waals surface area (Å²) in [5.74, 6) is -1.89. The molecule has 0 aliphatic carbocycles. The molecule has 0 unspecified atom stereocenters. The molecule has 8 nitrogen and oxygen atoms in total. The van der Waals surface area contributed by atoms with Gasteiger partial charge in [-0.25, -0.2) is 9.59 Å². The molecular weight excluding hydrogens is 373 g/mol. The highest BCUT2D eigenvalue weighted by molar-refractivity contribution is 5.97. The predicted octanol–water partition coefficient (Wildman–Crippen LogP) is 2.36. The van der Waals surface area contributed by atoms with Crippen molar-refractivity contribution in [3.8, 4) is 5.75 Å². The summed E-state index contributed by atoms with van der Waals surface area (Å²) in [6.45, 7) is -0.702. The fourth-order valence-corrected chi connectivity index (χ4v) is 1.79. The van der Waals surface area contributed by atoms with Crippen molar-refractivity contribution in [2.24, 2.45) is 0 Å². The van der Waals surface area contributed by atoms with Crippen molar-refractivity contribution >= 4 is 17.9 Å². The van der Waals surface area contributed by atoms with E-state index in [-0.39, 0.29) is 12.1 Å². The lowest BCUT2D eigenvalue weighted by Crippen LogP contribution is -2.41. The summed E-state index contributed by atoms with van der Waals surface area (Å²) in [5.41, 5.74) is -0.0976. The molecular formula is C16H13F3N2O6. The molecule has 0 saturated carbocycles. The molecule has 2 N–H and O–H groups in total. The monoisotopic (exact) mass is 386 g/mol. The third kappa shape index (κ3) is 7.10. The Balaban J connectivity index is 1.74. The molecule has 0 fully saturated rings. The van der Waals surface area contributed by atoms with Gasteiger partial charge in [-0.3, -0.25) is 10.1 Å². The van der Waals surface area contributed by atoms with Crippen molar-refractivity contribution in [2.75, 3.05) is 6.61 Å². The molecule has 0 saturated heterocycles. The Bertz CT molecular complexity index is 787. The topological polar surface area (TPSA) is 107 Å². The molecule has 0 spiro atoms. The number of benzene rings is 1. The summed E-state index contributed by atoms with van der Waals surface area (Å²) in [4.78, 5) is 34.8. The van der Waals surface area contributed by atoms with Gasteiger partial charge in [-0.1, -0.05) is 0 Å². The number of alkyl halides is 3. The van der Waals surface area contributed by atoms with Crippen molar-refractivity contribution in [3.63, 3.8) is 0 Å². The number of esters is 1. The number of urea groups is 1. The number of hydrogen-bond donors (Lipinski definition) is 2. The van der Waals surface area contributed by atoms with Crippen LogP contribution < -0.4 is 15.4 Å². The maximum absolute atomic E-state index is 12.1. The number of furan rings is 1. The van der Waals surface area contributed by atoms with Crippen LogP contribution in [0, 0.1) is 0 Å². The van der Waals surface area contributed by atoms with E-state index in [0.717, 1.165) is 24.3 Å². The van der Waals surface area contributed by atoms with Gasteiger partial charge in [0.2, 0.25) is 0 Å². The zero-order valence-corrected chi connectivity index (χ0v) is 13.5. The first-order chi connectivity index (χ1) is 12.7. The SMILES string of the molecule is O=C(COC(=O)c1ccc(OC(F)(F)F)cc1)NC(=O)NCc1ccco1. The fraction of sp³-hybridized carbons (Fsp3) is 0.188. The maximum atomic E-state index is 12.1. The Hall–Kier alpha value is -3.50. The molecule has 2 aromatic rings. The Labute approximate surface area is 150 Å². The molecule has 144 valence electrons. The predicted molar refractivity (Wildman–Crippen MR) is 82.5 cm³/mol. The quantitative estimate of drug-likeness (QED) is 0.738. The molecule has 11 heteroatoms. The molecule has 0 aliphatic heterocycles. The molecule has 1 aromatic carbocycles. The summed E-state index contributed by atoms with van der Waals surface area (Å²) in [6.07, 6.45) is -3.43. The second-order valence-electron chi connectivity index (χ2n) is 4.96. The highest BCUT2D eigenvalue weighted by atomic mass is 19.4. The molecule has 2 rings (SSSR count). The van der Waals surface area contributed by atoms with E-state index in [2.05, 4.69) is 14.8 Å². The van der Waals surface area contributed by atoms with Crippen LogP contribution in [0.1, 0.15) is 16.1 Å². The van der Waals surface area contributed by atoms with Gasteiger partial charge in [0, 0.05) is 0 Å². The second-order valence-corrected chi connectivity index (χ2v) is 4.96. The lowest BCUT2D eigenvalue weighted by atomic mass is 10.2. The summed E-state index contributed by atoms with van der Waals surface area (Å²) in [5, 5.41) is 4.28. The minimum Gasteiger partial charge on any atom is -0.467 e. The van der Waals surface area contributed by atoms with E-state index >= 15 is 0 Å². The number of imide groups is 1. The first-order valence-electron chi connectivity index (χ1n) is 7.36. The molecule has 0 aliphatic rings. The van der Waals surface area contributed by atoms with Crippen molar-refractivity contribution in [2.45, 2.75) is 12.9 Å². The average molecular weight is 386 g/mol. The number of carbonyl (C=O) groups excluding carboxylic acids is 3. The van der Waals surface area contributed by atoms with Crippen LogP contribution in [0.15, 0.2) is 47.1 Å². The van der Waals surface area contributed by atoms with Crippen LogP contribution in [0.2, 0.25) is 0 Å². The van der Waals surface area contributed by atoms with Gasteiger partial charge in [-0.2, -0.15) is 0 Å². The van der Waals surface area contributed by atoms with E-state index in [4.69, 9.17) is 4.42 Å². The standard InChI is InChI=1S/C16H13F3N2O6/c17-16(18,19)27-11-5-3-10(4-6-11)14(23)26-9-13(22)21-15(24)20-8-12-2-1-7-25-12/h1-7H,8-9H2,(H2,20,21,22,24). The van der Waals surface area contributed by atoms with Gasteiger partial charge in [-0.05, 0) is 36.4 Å². The third-order valence-corrected chi connectivity index (χ3v) is 2.91. The zero-order chi connectivity index (χ0) is 19.9. The minimum atomic E-state index is -4.85. The van der Waals surface area contributed by atoms with Crippen LogP contribution in [0.4, 0.5) is 18.0 Å². The van der Waals surface area contributed by atoms with Crippen LogP contribution in [0.5, 0.6) is 5.75 Å². The lowest BCUT2D eigenvalue weighted by Gasteiger charge is -2.09. The van der Waals surface area contributed by atoms with Gasteiger partial charge in [0.1, 0.15) is 11.5 Å². The third-order valence-electron chi connectivity index (χ3n) is 2.91. The number of rotatable bonds is 6. The van der Waals surface area contributed by atoms with Gasteiger partial charge in [0.25, 0.3) is 5.91 Å². The zero-order valence-electron chi connectivity index (χ0n) is 13.5. The number of halogens is 3. The Morgan fingerprint density at radius 3 is 2.37 bits per heavy atom. The second kappa shape index (κ2) is 8.74. The van der Waals surface area contributed by atoms with Crippen LogP contribution in [0.3, 0.4) is 0 Å². The van der Waals surface area contributed by atoms with Crippen molar-refractivity contribution in [1.82, 2.24) is 10.6 Å². The molecule has 1 aromatic heterocycles. The van der Waals surface area contributed by atoms with E-state index in [9.17, 15) is 27.6 Å². The normalized spacial score (nSPS) is 10.8. The van der Waals surface area contributed by atoms with Crippen LogP contribution in [0.25, 0.3) is 0 Å². The number of amides is 3. The van der Waals surface area contributed by atoms with Crippen LogP contribution in [-0.4, -0.2) is 30.9 Å². The molecule has 1 heterocycles. The number of carbonyl (C=O) groups is 3. The largest absolute Gasteiger partial charge is 0.573 e. The van der Waals surface area contributed by atoms with Gasteiger partial charge < -0.3 is 19.2 Å². The molecule has 3 amide bonds. The van der Waals surface area contributed by atoms with E-state index in [1.54, 1.807) is 12.1 Å². The van der Waals surface area contributed by atoms with Crippen LogP contribution in [-0.2, 0) is 16.1 Å². The summed E-state index contributed by atoms with van der Waals surface area (Å²) >= 11 is 0. The van der Waals surface area contributed by atoms with Crippen molar-refractivity contribution in [1.29, 1.82) is 0 Å². The van der Waals surface area contributed by atoms with Gasteiger partial charge in [0.15, 0.2) is 6.61 Å². The first-order valence-corrected chi connectivity index (χ1v) is 7.36. The summed E-state index contributed by atoms with van der Waals surface area (Å²) in [6, 6.07) is 6.35. The molecule has 0 radical (unpaired) electrons. The van der Waals surface area contributed by atoms with Gasteiger partial charge in [0.05, 0.1) is 18.4 Å². The van der Waals surface area contributed by atoms with Gasteiger partial charge in [-0.15, -0.1) is 13.2 Å². The van der Waals surface area contributed by atoms with E-state index in [1.807, 2.05) is 5.32 Å². The van der Waals surface area contributed by atoms with E-state index in [0.29, 0.717) is 5.76 Å². The van der Waals surface area contributed by atoms with Gasteiger partial charge >= 0.3 is 18.4 Å². The Kier molecular flexibility index (Phi) is 6.41. The molecule has 27 heavy (non-hydrogen) atoms. The average Bonchev–Trinajstić information content (AvgIpc) is 3.10. The molecule has 0 bridgehead atoms. The summed E-state index contributed by atoms with van der Waals surface area (Å²) in [7, 11) is 0. The Morgan fingerprint density at radius 2 is 1.78 bits per heavy atom. The smallest absolute Gasteiger partial charge is 0.467 e. The van der Waals surface area contributed by atoms with Crippen LogP contribution >= 0.6 is 0 Å². The fourth-order valence-electron chi connectivity index (χ4n) is 1.79. The highest BCUT2D eigenvalue weighted by Gasteiger charge is 2.31. The number of ether oxygens (including phenoxy) is 2. The lowest BCUT2D eigenvalue weighted by molar-refractivity contribution is -0.274.